The van der Waals surface area contributed by atoms with Crippen molar-refractivity contribution < 1.29 is 4.74 Å². The molecule has 1 aromatic rings. The second-order valence-electron chi connectivity index (χ2n) is 3.08. The normalized spacial score (nSPS) is 17.5. The molecule has 0 unspecified atom stereocenters. The first kappa shape index (κ1) is 8.93. The molecule has 2 heterocycles. The van der Waals surface area contributed by atoms with E-state index < -0.39 is 0 Å². The van der Waals surface area contributed by atoms with Gasteiger partial charge in [-0.25, -0.2) is 4.98 Å². The van der Waals surface area contributed by atoms with Gasteiger partial charge in [0.25, 0.3) is 0 Å². The number of ether oxygens (including phenoxy) is 1. The zero-order chi connectivity index (χ0) is 9.26. The average molecular weight is 199 g/mol. The largest absolute Gasteiger partial charge is 0.378 e. The number of nitrogens with two attached hydrogens (primary N) is 1. The highest BCUT2D eigenvalue weighted by Crippen LogP contribution is 2.26. The molecule has 13 heavy (non-hydrogen) atoms. The highest BCUT2D eigenvalue weighted by molar-refractivity contribution is 7.15. The maximum atomic E-state index is 5.50. The van der Waals surface area contributed by atoms with Gasteiger partial charge in [-0.1, -0.05) is 0 Å². The standard InChI is InChI=1S/C8H13N3OS/c1-12-6-4-11(5-6)8-10-3-7(2-9)13-8/h3,6H,2,4-5,9H2,1H3. The van der Waals surface area contributed by atoms with Crippen LogP contribution in [-0.4, -0.2) is 31.3 Å². The fourth-order valence-corrected chi connectivity index (χ4v) is 2.09. The molecular formula is C8H13N3OS. The number of hydrogen-bond donors (Lipinski definition) is 1. The molecule has 0 aliphatic carbocycles. The molecule has 0 saturated carbocycles. The first-order valence-corrected chi connectivity index (χ1v) is 5.07. The first-order valence-electron chi connectivity index (χ1n) is 4.26. The minimum atomic E-state index is 0.380. The molecule has 1 aliphatic heterocycles. The Bertz CT molecular complexity index is 283. The molecule has 2 N–H and O–H groups in total. The first-order chi connectivity index (χ1) is 6.33. The number of nitrogens with zero attached hydrogens (tertiary/aromatic N) is 2. The van der Waals surface area contributed by atoms with Gasteiger partial charge in [0.1, 0.15) is 0 Å². The van der Waals surface area contributed by atoms with Gasteiger partial charge in [0, 0.05) is 37.8 Å². The second-order valence-corrected chi connectivity index (χ2v) is 4.17. The zero-order valence-electron chi connectivity index (χ0n) is 7.56. The van der Waals surface area contributed by atoms with Crippen LogP contribution in [0, 0.1) is 0 Å². The van der Waals surface area contributed by atoms with Crippen LogP contribution in [0.3, 0.4) is 0 Å². The van der Waals surface area contributed by atoms with E-state index in [4.69, 9.17) is 10.5 Å². The van der Waals surface area contributed by atoms with E-state index in [1.54, 1.807) is 18.4 Å². The molecule has 1 aromatic heterocycles. The van der Waals surface area contributed by atoms with Gasteiger partial charge in [-0.15, -0.1) is 11.3 Å². The van der Waals surface area contributed by atoms with Crippen molar-refractivity contribution in [2.75, 3.05) is 25.1 Å². The molecule has 0 spiro atoms. The molecule has 72 valence electrons. The third-order valence-corrected chi connectivity index (χ3v) is 3.27. The van der Waals surface area contributed by atoms with Crippen LogP contribution in [0.25, 0.3) is 0 Å². The van der Waals surface area contributed by atoms with Gasteiger partial charge in [0.2, 0.25) is 0 Å². The summed E-state index contributed by atoms with van der Waals surface area (Å²) in [5.74, 6) is 0. The summed E-state index contributed by atoms with van der Waals surface area (Å²) >= 11 is 1.66. The van der Waals surface area contributed by atoms with Crippen molar-refractivity contribution >= 4 is 16.5 Å². The summed E-state index contributed by atoms with van der Waals surface area (Å²) < 4.78 is 5.18. The lowest BCUT2D eigenvalue weighted by Crippen LogP contribution is -2.51. The van der Waals surface area contributed by atoms with Crippen LogP contribution in [0.4, 0.5) is 5.13 Å². The number of anilines is 1. The Morgan fingerprint density at radius 3 is 3.08 bits per heavy atom. The molecule has 2 rings (SSSR count). The molecule has 1 aliphatic rings. The molecular weight excluding hydrogens is 186 g/mol. The minimum Gasteiger partial charge on any atom is -0.378 e. The lowest BCUT2D eigenvalue weighted by molar-refractivity contribution is 0.0787. The fraction of sp³-hybridized carbons (Fsp3) is 0.625. The number of methoxy groups -OCH3 is 1. The average Bonchev–Trinajstić information content (AvgIpc) is 2.51. The predicted octanol–water partition coefficient (Wildman–Crippen LogP) is 0.437. The maximum Gasteiger partial charge on any atom is 0.185 e. The van der Waals surface area contributed by atoms with E-state index in [1.807, 2.05) is 6.20 Å². The molecule has 0 amide bonds. The molecule has 1 saturated heterocycles. The Labute approximate surface area is 81.3 Å². The highest BCUT2D eigenvalue weighted by Gasteiger charge is 2.28. The Hall–Kier alpha value is -0.650. The van der Waals surface area contributed by atoms with Crippen molar-refractivity contribution in [3.05, 3.63) is 11.1 Å². The smallest absolute Gasteiger partial charge is 0.185 e. The number of thiazole rings is 1. The van der Waals surface area contributed by atoms with Crippen molar-refractivity contribution in [3.63, 3.8) is 0 Å². The fourth-order valence-electron chi connectivity index (χ4n) is 1.28. The van der Waals surface area contributed by atoms with Crippen molar-refractivity contribution in [1.82, 2.24) is 4.98 Å². The van der Waals surface area contributed by atoms with Gasteiger partial charge in [0.15, 0.2) is 5.13 Å². The van der Waals surface area contributed by atoms with E-state index in [0.717, 1.165) is 23.1 Å². The summed E-state index contributed by atoms with van der Waals surface area (Å²) in [6, 6.07) is 0. The zero-order valence-corrected chi connectivity index (χ0v) is 8.38. The lowest BCUT2D eigenvalue weighted by Gasteiger charge is -2.37. The van der Waals surface area contributed by atoms with Gasteiger partial charge in [-0.2, -0.15) is 0 Å². The summed E-state index contributed by atoms with van der Waals surface area (Å²) in [7, 11) is 1.75. The minimum absolute atomic E-state index is 0.380. The Kier molecular flexibility index (Phi) is 2.48. The molecule has 0 bridgehead atoms. The Morgan fingerprint density at radius 1 is 1.77 bits per heavy atom. The van der Waals surface area contributed by atoms with E-state index in [2.05, 4.69) is 9.88 Å². The van der Waals surface area contributed by atoms with Gasteiger partial charge in [-0.3, -0.25) is 0 Å². The molecule has 4 nitrogen and oxygen atoms in total. The number of rotatable bonds is 3. The van der Waals surface area contributed by atoms with Crippen LogP contribution >= 0.6 is 11.3 Å². The molecule has 0 atom stereocenters. The van der Waals surface area contributed by atoms with Crippen LogP contribution in [-0.2, 0) is 11.3 Å². The SMILES string of the molecule is COC1CN(c2ncc(CN)s2)C1. The van der Waals surface area contributed by atoms with Gasteiger partial charge in [0.05, 0.1) is 6.10 Å². The van der Waals surface area contributed by atoms with Crippen LogP contribution in [0.15, 0.2) is 6.20 Å². The van der Waals surface area contributed by atoms with Crippen LogP contribution in [0.2, 0.25) is 0 Å². The van der Waals surface area contributed by atoms with Crippen LogP contribution in [0.5, 0.6) is 0 Å². The Morgan fingerprint density at radius 2 is 2.54 bits per heavy atom. The van der Waals surface area contributed by atoms with Crippen molar-refractivity contribution in [3.8, 4) is 0 Å². The van der Waals surface area contributed by atoms with Gasteiger partial charge >= 0.3 is 0 Å². The van der Waals surface area contributed by atoms with Crippen molar-refractivity contribution in [2.24, 2.45) is 5.73 Å². The van der Waals surface area contributed by atoms with Crippen LogP contribution in [0.1, 0.15) is 4.88 Å². The van der Waals surface area contributed by atoms with Gasteiger partial charge < -0.3 is 15.4 Å². The lowest BCUT2D eigenvalue weighted by atomic mass is 10.2. The maximum absolute atomic E-state index is 5.50. The topological polar surface area (TPSA) is 51.4 Å². The summed E-state index contributed by atoms with van der Waals surface area (Å²) in [5, 5.41) is 1.06. The predicted molar refractivity (Wildman–Crippen MR) is 53.0 cm³/mol. The van der Waals surface area contributed by atoms with Gasteiger partial charge in [-0.05, 0) is 0 Å². The van der Waals surface area contributed by atoms with Crippen molar-refractivity contribution in [1.29, 1.82) is 0 Å². The summed E-state index contributed by atoms with van der Waals surface area (Å²) in [5.41, 5.74) is 5.50. The molecule has 0 radical (unpaired) electrons. The second kappa shape index (κ2) is 3.61. The van der Waals surface area contributed by atoms with Crippen molar-refractivity contribution in [2.45, 2.75) is 12.6 Å². The molecule has 5 heteroatoms. The molecule has 0 aromatic carbocycles. The van der Waals surface area contributed by atoms with E-state index in [1.165, 1.54) is 0 Å². The monoisotopic (exact) mass is 199 g/mol. The summed E-state index contributed by atoms with van der Waals surface area (Å²) in [4.78, 5) is 7.63. The van der Waals surface area contributed by atoms with Crippen LogP contribution < -0.4 is 10.6 Å². The Balaban J connectivity index is 1.95. The number of hydrogen-bond acceptors (Lipinski definition) is 5. The van der Waals surface area contributed by atoms with E-state index in [0.29, 0.717) is 12.6 Å². The summed E-state index contributed by atoms with van der Waals surface area (Å²) in [6.07, 6.45) is 2.23. The molecule has 1 fully saturated rings. The number of aromatic nitrogens is 1. The van der Waals surface area contributed by atoms with E-state index >= 15 is 0 Å². The third kappa shape index (κ3) is 1.67. The summed E-state index contributed by atoms with van der Waals surface area (Å²) in [6.45, 7) is 2.49. The highest BCUT2D eigenvalue weighted by atomic mass is 32.1. The quantitative estimate of drug-likeness (QED) is 0.767. The third-order valence-electron chi connectivity index (χ3n) is 2.19. The van der Waals surface area contributed by atoms with E-state index in [9.17, 15) is 0 Å². The van der Waals surface area contributed by atoms with E-state index in [-0.39, 0.29) is 0 Å².